The molecule has 3 rings (SSSR count). The molecule has 0 radical (unpaired) electrons. The second kappa shape index (κ2) is 6.33. The van der Waals surface area contributed by atoms with Crippen LogP contribution in [0.25, 0.3) is 0 Å². The first-order chi connectivity index (χ1) is 10.3. The average molecular weight is 279 g/mol. The summed E-state index contributed by atoms with van der Waals surface area (Å²) in [6.07, 6.45) is 5.27. The molecule has 4 nitrogen and oxygen atoms in total. The van der Waals surface area contributed by atoms with Gasteiger partial charge in [0.05, 0.1) is 23.7 Å². The van der Waals surface area contributed by atoms with Crippen molar-refractivity contribution in [2.24, 2.45) is 0 Å². The maximum absolute atomic E-state index is 5.56. The fourth-order valence-corrected chi connectivity index (χ4v) is 2.20. The highest BCUT2D eigenvalue weighted by Gasteiger charge is 2.16. The molecule has 0 amide bonds. The Morgan fingerprint density at radius 3 is 2.57 bits per heavy atom. The van der Waals surface area contributed by atoms with Crippen molar-refractivity contribution in [1.29, 1.82) is 0 Å². The highest BCUT2D eigenvalue weighted by atomic mass is 16.3. The summed E-state index contributed by atoms with van der Waals surface area (Å²) in [7, 11) is 0. The minimum absolute atomic E-state index is 0.00398. The molecule has 1 unspecified atom stereocenters. The van der Waals surface area contributed by atoms with E-state index in [2.05, 4.69) is 27.4 Å². The molecule has 0 aliphatic carbocycles. The smallest absolute Gasteiger partial charge is 0.125 e. The first-order valence-corrected chi connectivity index (χ1v) is 6.92. The third kappa shape index (κ3) is 3.35. The predicted octanol–water partition coefficient (Wildman–Crippen LogP) is 3.26. The molecule has 1 N–H and O–H groups in total. The molecule has 1 atom stereocenters. The van der Waals surface area contributed by atoms with E-state index in [0.717, 1.165) is 22.7 Å². The normalized spacial score (nSPS) is 12.2. The number of furan rings is 1. The van der Waals surface area contributed by atoms with Crippen molar-refractivity contribution in [3.05, 3.63) is 83.8 Å². The van der Waals surface area contributed by atoms with Gasteiger partial charge in [0.1, 0.15) is 5.76 Å². The minimum atomic E-state index is 0.00398. The van der Waals surface area contributed by atoms with E-state index in [1.54, 1.807) is 18.7 Å². The van der Waals surface area contributed by atoms with Crippen LogP contribution in [-0.2, 0) is 6.54 Å². The molecule has 0 saturated heterocycles. The molecule has 1 aromatic carbocycles. The standard InChI is InChI=1S/C17H17N3O/c1-13-10-19-15(11-18-13)12-20-17(16-8-5-9-21-16)14-6-3-2-4-7-14/h2-11,17,20H,12H2,1H3. The predicted molar refractivity (Wildman–Crippen MR) is 80.6 cm³/mol. The van der Waals surface area contributed by atoms with Gasteiger partial charge in [0.2, 0.25) is 0 Å². The van der Waals surface area contributed by atoms with Crippen LogP contribution < -0.4 is 5.32 Å². The summed E-state index contributed by atoms with van der Waals surface area (Å²) in [6.45, 7) is 2.56. The van der Waals surface area contributed by atoms with Gasteiger partial charge in [-0.2, -0.15) is 0 Å². The van der Waals surface area contributed by atoms with Gasteiger partial charge in [0, 0.05) is 18.9 Å². The topological polar surface area (TPSA) is 51.0 Å². The van der Waals surface area contributed by atoms with Crippen LogP contribution in [0, 0.1) is 6.92 Å². The lowest BCUT2D eigenvalue weighted by molar-refractivity contribution is 0.444. The van der Waals surface area contributed by atoms with E-state index in [-0.39, 0.29) is 6.04 Å². The van der Waals surface area contributed by atoms with Crippen molar-refractivity contribution in [3.63, 3.8) is 0 Å². The van der Waals surface area contributed by atoms with Gasteiger partial charge in [-0.25, -0.2) is 0 Å². The van der Waals surface area contributed by atoms with Crippen LogP contribution >= 0.6 is 0 Å². The molecular formula is C17H17N3O. The van der Waals surface area contributed by atoms with Crippen LogP contribution in [0.15, 0.2) is 65.5 Å². The molecule has 0 bridgehead atoms. The second-order valence-corrected chi connectivity index (χ2v) is 4.89. The van der Waals surface area contributed by atoms with Crippen LogP contribution in [0.3, 0.4) is 0 Å². The Morgan fingerprint density at radius 2 is 1.90 bits per heavy atom. The van der Waals surface area contributed by atoms with E-state index >= 15 is 0 Å². The maximum atomic E-state index is 5.56. The summed E-state index contributed by atoms with van der Waals surface area (Å²) in [6, 6.07) is 14.1. The van der Waals surface area contributed by atoms with Crippen LogP contribution in [0.2, 0.25) is 0 Å². The SMILES string of the molecule is Cc1cnc(CNC(c2ccccc2)c2ccco2)cn1. The molecule has 106 valence electrons. The first kappa shape index (κ1) is 13.5. The quantitative estimate of drug-likeness (QED) is 0.779. The lowest BCUT2D eigenvalue weighted by Gasteiger charge is -2.16. The molecular weight excluding hydrogens is 262 g/mol. The molecule has 2 heterocycles. The summed E-state index contributed by atoms with van der Waals surface area (Å²) < 4.78 is 5.56. The Kier molecular flexibility index (Phi) is 4.07. The third-order valence-electron chi connectivity index (χ3n) is 3.28. The molecule has 3 aromatic rings. The highest BCUT2D eigenvalue weighted by Crippen LogP contribution is 2.22. The molecule has 0 spiro atoms. The summed E-state index contributed by atoms with van der Waals surface area (Å²) >= 11 is 0. The van der Waals surface area contributed by atoms with Crippen LogP contribution in [0.1, 0.15) is 28.8 Å². The number of benzene rings is 1. The lowest BCUT2D eigenvalue weighted by Crippen LogP contribution is -2.22. The molecule has 4 heteroatoms. The van der Waals surface area contributed by atoms with Gasteiger partial charge in [-0.1, -0.05) is 30.3 Å². The number of aryl methyl sites for hydroxylation is 1. The number of nitrogens with zero attached hydrogens (tertiary/aromatic N) is 2. The monoisotopic (exact) mass is 279 g/mol. The number of aromatic nitrogens is 2. The summed E-state index contributed by atoms with van der Waals surface area (Å²) in [5.41, 5.74) is 2.99. The van der Waals surface area contributed by atoms with Crippen LogP contribution in [-0.4, -0.2) is 9.97 Å². The van der Waals surface area contributed by atoms with E-state index in [0.29, 0.717) is 6.54 Å². The number of rotatable bonds is 5. The van der Waals surface area contributed by atoms with Gasteiger partial charge in [-0.15, -0.1) is 0 Å². The number of hydrogen-bond acceptors (Lipinski definition) is 4. The zero-order valence-electron chi connectivity index (χ0n) is 11.9. The highest BCUT2D eigenvalue weighted by molar-refractivity contribution is 5.26. The molecule has 21 heavy (non-hydrogen) atoms. The van der Waals surface area contributed by atoms with Crippen molar-refractivity contribution < 1.29 is 4.42 Å². The summed E-state index contributed by atoms with van der Waals surface area (Å²) in [5, 5.41) is 3.48. The van der Waals surface area contributed by atoms with Crippen molar-refractivity contribution in [3.8, 4) is 0 Å². The van der Waals surface area contributed by atoms with Crippen LogP contribution in [0.4, 0.5) is 0 Å². The lowest BCUT2D eigenvalue weighted by atomic mass is 10.0. The Morgan fingerprint density at radius 1 is 1.05 bits per heavy atom. The maximum Gasteiger partial charge on any atom is 0.125 e. The summed E-state index contributed by atoms with van der Waals surface area (Å²) in [5.74, 6) is 0.890. The van der Waals surface area contributed by atoms with E-state index < -0.39 is 0 Å². The van der Waals surface area contributed by atoms with E-state index in [4.69, 9.17) is 4.42 Å². The third-order valence-corrected chi connectivity index (χ3v) is 3.28. The van der Waals surface area contributed by atoms with Crippen molar-refractivity contribution in [1.82, 2.24) is 15.3 Å². The average Bonchev–Trinajstić information content (AvgIpc) is 3.05. The molecule has 0 saturated carbocycles. The Labute approximate surface area is 123 Å². The summed E-state index contributed by atoms with van der Waals surface area (Å²) in [4.78, 5) is 8.64. The zero-order valence-corrected chi connectivity index (χ0v) is 11.9. The van der Waals surface area contributed by atoms with Gasteiger partial charge in [-0.3, -0.25) is 15.3 Å². The molecule has 0 aliphatic rings. The van der Waals surface area contributed by atoms with E-state index in [1.807, 2.05) is 37.3 Å². The van der Waals surface area contributed by atoms with Gasteiger partial charge in [0.15, 0.2) is 0 Å². The van der Waals surface area contributed by atoms with Crippen molar-refractivity contribution in [2.45, 2.75) is 19.5 Å². The number of nitrogens with one attached hydrogen (secondary N) is 1. The van der Waals surface area contributed by atoms with E-state index in [1.165, 1.54) is 0 Å². The number of hydrogen-bond donors (Lipinski definition) is 1. The van der Waals surface area contributed by atoms with Crippen molar-refractivity contribution in [2.75, 3.05) is 0 Å². The van der Waals surface area contributed by atoms with Gasteiger partial charge in [0.25, 0.3) is 0 Å². The zero-order chi connectivity index (χ0) is 14.5. The van der Waals surface area contributed by atoms with Crippen LogP contribution in [0.5, 0.6) is 0 Å². The molecule has 0 aliphatic heterocycles. The molecule has 2 aromatic heterocycles. The fraction of sp³-hybridized carbons (Fsp3) is 0.176. The van der Waals surface area contributed by atoms with E-state index in [9.17, 15) is 0 Å². The fourth-order valence-electron chi connectivity index (χ4n) is 2.20. The first-order valence-electron chi connectivity index (χ1n) is 6.92. The minimum Gasteiger partial charge on any atom is -0.467 e. The Balaban J connectivity index is 1.78. The second-order valence-electron chi connectivity index (χ2n) is 4.89. The van der Waals surface area contributed by atoms with Gasteiger partial charge >= 0.3 is 0 Å². The van der Waals surface area contributed by atoms with Gasteiger partial charge < -0.3 is 4.42 Å². The Hall–Kier alpha value is -2.46. The Bertz CT molecular complexity index is 663. The van der Waals surface area contributed by atoms with Crippen molar-refractivity contribution >= 4 is 0 Å². The molecule has 0 fully saturated rings. The van der Waals surface area contributed by atoms with Gasteiger partial charge in [-0.05, 0) is 24.6 Å². The largest absolute Gasteiger partial charge is 0.467 e.